The van der Waals surface area contributed by atoms with Crippen LogP contribution in [0, 0.1) is 41.5 Å². The predicted octanol–water partition coefficient (Wildman–Crippen LogP) is 13.2. The SMILES string of the molecule is Cc1cc(C)c(Nc2ccc3c(-c4ccccc4S(=O)(=O)O)c4cc/c(=N\c5c(C)c(NC(=O)Nc6cc(C(=O)O)c(O)c7ccccc67)c(C)c(S(=O)(=O)O)c5C)cc-4oc3c2)c(C)c1NC(=O)Nc1ccc(O)c2ccccc12. The van der Waals surface area contributed by atoms with Crippen LogP contribution in [0.4, 0.5) is 49.4 Å². The van der Waals surface area contributed by atoms with E-state index in [1.165, 1.54) is 44.2 Å². The summed E-state index contributed by atoms with van der Waals surface area (Å²) < 4.78 is 80.0. The van der Waals surface area contributed by atoms with E-state index in [2.05, 4.69) is 26.6 Å². The first-order chi connectivity index (χ1) is 38.4. The first kappa shape index (κ1) is 54.6. The molecule has 1 heterocycles. The zero-order valence-electron chi connectivity index (χ0n) is 44.0. The van der Waals surface area contributed by atoms with Gasteiger partial charge in [0.25, 0.3) is 20.2 Å². The molecule has 0 saturated heterocycles. The van der Waals surface area contributed by atoms with Gasteiger partial charge in [-0.05, 0) is 123 Å². The molecule has 21 heteroatoms. The van der Waals surface area contributed by atoms with Crippen LogP contribution in [-0.4, -0.2) is 59.3 Å². The van der Waals surface area contributed by atoms with Crippen molar-refractivity contribution >= 4 is 111 Å². The number of carbonyl (C=O) groups excluding carboxylic acids is 2. The second-order valence-electron chi connectivity index (χ2n) is 19.4. The largest absolute Gasteiger partial charge is 0.507 e. The Labute approximate surface area is 463 Å². The normalized spacial score (nSPS) is 12.0. The van der Waals surface area contributed by atoms with Gasteiger partial charge in [-0.2, -0.15) is 16.8 Å². The fourth-order valence-electron chi connectivity index (χ4n) is 10.5. The minimum absolute atomic E-state index is 0.0140. The minimum atomic E-state index is -4.98. The summed E-state index contributed by atoms with van der Waals surface area (Å²) in [6.45, 7) is 10.0. The fourth-order valence-corrected chi connectivity index (χ4v) is 12.2. The van der Waals surface area contributed by atoms with E-state index < -0.39 is 54.5 Å². The molecule has 10 N–H and O–H groups in total. The topological polar surface area (TPSA) is 306 Å². The zero-order valence-corrected chi connectivity index (χ0v) is 45.6. The van der Waals surface area contributed by atoms with Gasteiger partial charge in [-0.25, -0.2) is 19.4 Å². The number of carboxylic acid groups (broad SMARTS) is 1. The number of nitrogens with zero attached hydrogens (tertiary/aromatic N) is 1. The summed E-state index contributed by atoms with van der Waals surface area (Å²) in [7, 11) is -9.77. The molecule has 0 radical (unpaired) electrons. The molecule has 8 aromatic rings. The van der Waals surface area contributed by atoms with Gasteiger partial charge in [0.1, 0.15) is 38.2 Å². The van der Waals surface area contributed by atoms with Crippen molar-refractivity contribution in [3.8, 4) is 33.9 Å². The number of urea groups is 2. The highest BCUT2D eigenvalue weighted by atomic mass is 32.2. The van der Waals surface area contributed by atoms with Crippen LogP contribution in [-0.2, 0) is 20.2 Å². The van der Waals surface area contributed by atoms with E-state index in [-0.39, 0.29) is 72.0 Å². The van der Waals surface area contributed by atoms with E-state index in [4.69, 9.17) is 9.41 Å². The molecular weight excluding hydrogens is 1080 g/mol. The van der Waals surface area contributed by atoms with E-state index >= 15 is 0 Å². The molecule has 81 heavy (non-hydrogen) atoms. The number of fused-ring (bicyclic) bond motifs is 4. The molecule has 1 aliphatic carbocycles. The molecule has 0 bridgehead atoms. The maximum atomic E-state index is 13.9. The lowest BCUT2D eigenvalue weighted by atomic mass is 9.93. The number of phenolic OH excluding ortho intramolecular Hbond substituents is 1. The number of benzene rings is 9. The van der Waals surface area contributed by atoms with Gasteiger partial charge in [-0.1, -0.05) is 72.8 Å². The van der Waals surface area contributed by atoms with Crippen molar-refractivity contribution in [2.45, 2.75) is 51.3 Å². The fraction of sp³-hybridized carbons (Fsp3) is 0.100. The summed E-state index contributed by atoms with van der Waals surface area (Å²) >= 11 is 0. The van der Waals surface area contributed by atoms with Gasteiger partial charge in [0.05, 0.1) is 33.8 Å². The van der Waals surface area contributed by atoms with Gasteiger partial charge in [-0.15, -0.1) is 0 Å². The molecule has 0 spiro atoms. The third kappa shape index (κ3) is 10.3. The number of aromatic hydroxyl groups is 2. The third-order valence-corrected chi connectivity index (χ3v) is 16.2. The average molecular weight is 1130 g/mol. The van der Waals surface area contributed by atoms with Crippen LogP contribution < -0.4 is 31.9 Å². The van der Waals surface area contributed by atoms with Crippen molar-refractivity contribution in [1.29, 1.82) is 0 Å². The van der Waals surface area contributed by atoms with Crippen molar-refractivity contribution in [3.63, 3.8) is 0 Å². The molecule has 4 amide bonds. The quantitative estimate of drug-likeness (QED) is 0.0327. The lowest BCUT2D eigenvalue weighted by Gasteiger charge is -2.21. The van der Waals surface area contributed by atoms with Crippen molar-refractivity contribution < 1.29 is 60.1 Å². The zero-order chi connectivity index (χ0) is 58.0. The summed E-state index contributed by atoms with van der Waals surface area (Å²) in [5.74, 6) is -1.72. The molecule has 410 valence electrons. The maximum Gasteiger partial charge on any atom is 0.339 e. The van der Waals surface area contributed by atoms with Crippen LogP contribution in [0.15, 0.2) is 153 Å². The van der Waals surface area contributed by atoms with E-state index in [0.29, 0.717) is 61.0 Å². The van der Waals surface area contributed by atoms with Gasteiger partial charge < -0.3 is 46.3 Å². The number of amides is 4. The van der Waals surface area contributed by atoms with Crippen LogP contribution in [0.25, 0.3) is 55.0 Å². The lowest BCUT2D eigenvalue weighted by molar-refractivity contribution is 0.0693. The highest BCUT2D eigenvalue weighted by Gasteiger charge is 2.28. The Balaban J connectivity index is 1.07. The van der Waals surface area contributed by atoms with Crippen LogP contribution >= 0.6 is 0 Å². The molecule has 2 aliphatic rings. The van der Waals surface area contributed by atoms with E-state index in [0.717, 1.165) is 17.2 Å². The van der Waals surface area contributed by atoms with Gasteiger partial charge in [0.2, 0.25) is 0 Å². The number of aryl methyl sites for hydroxylation is 2. The highest BCUT2D eigenvalue weighted by molar-refractivity contribution is 7.86. The number of anilines is 6. The van der Waals surface area contributed by atoms with Gasteiger partial charge in [0, 0.05) is 67.1 Å². The number of carboxylic acids is 1. The molecule has 19 nitrogen and oxygen atoms in total. The summed E-state index contributed by atoms with van der Waals surface area (Å²) in [4.78, 5) is 43.5. The van der Waals surface area contributed by atoms with Gasteiger partial charge >= 0.3 is 18.0 Å². The Morgan fingerprint density at radius 1 is 0.531 bits per heavy atom. The Bertz CT molecular complexity index is 4630. The number of phenols is 2. The Hall–Kier alpha value is -9.80. The van der Waals surface area contributed by atoms with Crippen molar-refractivity contribution in [1.82, 2.24) is 0 Å². The molecule has 0 atom stereocenters. The summed E-state index contributed by atoms with van der Waals surface area (Å²) in [6, 6.07) is 33.9. The number of nitrogens with one attached hydrogen (secondary N) is 5. The highest BCUT2D eigenvalue weighted by Crippen LogP contribution is 2.45. The van der Waals surface area contributed by atoms with Crippen molar-refractivity contribution in [2.75, 3.05) is 26.6 Å². The number of carbonyl (C=O) groups is 3. The first-order valence-corrected chi connectivity index (χ1v) is 27.7. The summed E-state index contributed by atoms with van der Waals surface area (Å²) in [5, 5.41) is 47.9. The first-order valence-electron chi connectivity index (χ1n) is 24.9. The molecule has 0 unspecified atom stereocenters. The second-order valence-corrected chi connectivity index (χ2v) is 22.1. The predicted molar refractivity (Wildman–Crippen MR) is 311 cm³/mol. The minimum Gasteiger partial charge on any atom is -0.507 e. The third-order valence-electron chi connectivity index (χ3n) is 14.1. The molecule has 0 aromatic heterocycles. The smallest absolute Gasteiger partial charge is 0.339 e. The van der Waals surface area contributed by atoms with Crippen LogP contribution in [0.3, 0.4) is 0 Å². The van der Waals surface area contributed by atoms with E-state index in [9.17, 15) is 55.6 Å². The van der Waals surface area contributed by atoms with Crippen molar-refractivity contribution in [2.24, 2.45) is 4.99 Å². The molecule has 0 saturated carbocycles. The lowest BCUT2D eigenvalue weighted by Crippen LogP contribution is -2.22. The Morgan fingerprint density at radius 2 is 1.15 bits per heavy atom. The second kappa shape index (κ2) is 20.8. The summed E-state index contributed by atoms with van der Waals surface area (Å²) in [5.41, 5.74) is 5.42. The number of aromatic carboxylic acids is 1. The molecule has 8 aromatic carbocycles. The molecule has 10 rings (SSSR count). The molecular formula is C60H50N6O13S2. The monoisotopic (exact) mass is 1130 g/mol. The van der Waals surface area contributed by atoms with Crippen LogP contribution in [0.1, 0.15) is 43.7 Å². The van der Waals surface area contributed by atoms with E-state index in [1.807, 2.05) is 26.8 Å². The molecule has 1 aliphatic heterocycles. The maximum absolute atomic E-state index is 13.9. The van der Waals surface area contributed by atoms with Gasteiger partial charge in [0.15, 0.2) is 0 Å². The standard InChI is InChI=1S/C60H50N6O13S2/c1-29-25-30(2)53(65-59(71)63-45-23-24-47(67)39-15-9-7-13-37(39)45)31(3)52(29)61-35-19-21-41-48(26-35)79-49-27-36(20-22-42(49)51(41)43-17-11-12-18-50(43)80(73,74)75)62-54-32(4)55(34(6)57(33(54)5)81(76,77)78)66-60(72)64-46-28-44(58(69)70)56(68)40-16-10-8-14-38(40)46/h7-28,61,67-68H,1-6H3,(H,69,70)(H2,63,65,71)(H2,64,66,72)(H,73,74,75)(H,76,77,78)/b62-36+. The molecule has 0 fully saturated rings. The van der Waals surface area contributed by atoms with Crippen LogP contribution in [0.5, 0.6) is 11.5 Å². The average Bonchev–Trinajstić information content (AvgIpc) is 3.44. The number of rotatable bonds is 11. The number of hydrogen-bond donors (Lipinski definition) is 10. The van der Waals surface area contributed by atoms with E-state index in [1.54, 1.807) is 97.9 Å². The van der Waals surface area contributed by atoms with Crippen molar-refractivity contribution in [3.05, 3.63) is 178 Å². The van der Waals surface area contributed by atoms with Crippen LogP contribution in [0.2, 0.25) is 0 Å². The summed E-state index contributed by atoms with van der Waals surface area (Å²) in [6.07, 6.45) is 0. The Kier molecular flexibility index (Phi) is 14.0. The Morgan fingerprint density at radius 3 is 1.83 bits per heavy atom. The number of hydrogen-bond acceptors (Lipinski definition) is 12. The van der Waals surface area contributed by atoms with Gasteiger partial charge in [-0.3, -0.25) is 9.11 Å².